The van der Waals surface area contributed by atoms with Gasteiger partial charge in [-0.05, 0) is 69.4 Å². The van der Waals surface area contributed by atoms with Crippen molar-refractivity contribution in [2.24, 2.45) is 11.7 Å². The lowest BCUT2D eigenvalue weighted by molar-refractivity contribution is 0.138. The molecule has 0 spiro atoms. The largest absolute Gasteiger partial charge is 0.330 e. The highest BCUT2D eigenvalue weighted by molar-refractivity contribution is 5.21. The number of benzene rings is 1. The Morgan fingerprint density at radius 3 is 2.32 bits per heavy atom. The molecule has 0 bridgehead atoms. The molecule has 4 heteroatoms. The molecule has 1 aromatic rings. The fraction of sp³-hybridized carbons (Fsp3) is 0.600. The van der Waals surface area contributed by atoms with Gasteiger partial charge in [-0.15, -0.1) is 0 Å². The highest BCUT2D eigenvalue weighted by Crippen LogP contribution is 2.28. The van der Waals surface area contributed by atoms with Crippen LogP contribution in [-0.2, 0) is 0 Å². The van der Waals surface area contributed by atoms with Crippen LogP contribution in [0.4, 0.5) is 8.78 Å². The Hall–Kier alpha value is -1.00. The minimum absolute atomic E-state index is 0.0593. The van der Waals surface area contributed by atoms with E-state index in [1.54, 1.807) is 0 Å². The minimum atomic E-state index is -0.500. The van der Waals surface area contributed by atoms with Crippen molar-refractivity contribution in [1.82, 2.24) is 4.90 Å². The van der Waals surface area contributed by atoms with Crippen LogP contribution in [0.3, 0.4) is 0 Å². The first kappa shape index (κ1) is 14.4. The second-order valence-corrected chi connectivity index (χ2v) is 5.44. The monoisotopic (exact) mass is 268 g/mol. The lowest BCUT2D eigenvalue weighted by atomic mass is 9.92. The molecule has 1 unspecified atom stereocenters. The summed E-state index contributed by atoms with van der Waals surface area (Å²) in [5.74, 6) is -0.294. The van der Waals surface area contributed by atoms with E-state index in [0.717, 1.165) is 50.5 Å². The number of rotatable bonds is 4. The summed E-state index contributed by atoms with van der Waals surface area (Å²) in [6.45, 7) is 4.71. The van der Waals surface area contributed by atoms with Gasteiger partial charge in [0.2, 0.25) is 0 Å². The minimum Gasteiger partial charge on any atom is -0.330 e. The molecule has 0 aromatic heterocycles. The number of nitrogens with two attached hydrogens (primary N) is 1. The highest BCUT2D eigenvalue weighted by Gasteiger charge is 2.23. The Kier molecular flexibility index (Phi) is 4.88. The molecular formula is C15H22F2N2. The van der Waals surface area contributed by atoms with Crippen LogP contribution in [0.2, 0.25) is 0 Å². The third-order valence-electron chi connectivity index (χ3n) is 4.14. The average Bonchev–Trinajstić information content (AvgIpc) is 2.38. The van der Waals surface area contributed by atoms with Crippen LogP contribution in [0.5, 0.6) is 0 Å². The van der Waals surface area contributed by atoms with Crippen molar-refractivity contribution in [3.8, 4) is 0 Å². The van der Waals surface area contributed by atoms with Crippen LogP contribution < -0.4 is 5.73 Å². The fourth-order valence-corrected chi connectivity index (χ4v) is 2.89. The van der Waals surface area contributed by atoms with Crippen molar-refractivity contribution in [3.05, 3.63) is 35.4 Å². The number of hydrogen-bond acceptors (Lipinski definition) is 2. The summed E-state index contributed by atoms with van der Waals surface area (Å²) >= 11 is 0. The highest BCUT2D eigenvalue weighted by atomic mass is 19.1. The molecule has 2 rings (SSSR count). The van der Waals surface area contributed by atoms with Gasteiger partial charge < -0.3 is 5.73 Å². The summed E-state index contributed by atoms with van der Waals surface area (Å²) < 4.78 is 26.5. The topological polar surface area (TPSA) is 29.3 Å². The van der Waals surface area contributed by atoms with E-state index in [4.69, 9.17) is 5.73 Å². The molecule has 2 N–H and O–H groups in total. The van der Waals surface area contributed by atoms with Crippen LogP contribution in [-0.4, -0.2) is 24.5 Å². The van der Waals surface area contributed by atoms with Gasteiger partial charge >= 0.3 is 0 Å². The second kappa shape index (κ2) is 6.44. The summed E-state index contributed by atoms with van der Waals surface area (Å²) in [6, 6.07) is 3.84. The van der Waals surface area contributed by atoms with Gasteiger partial charge in [0.15, 0.2) is 0 Å². The first-order valence-electron chi connectivity index (χ1n) is 7.00. The van der Waals surface area contributed by atoms with E-state index < -0.39 is 11.6 Å². The molecule has 1 heterocycles. The molecule has 19 heavy (non-hydrogen) atoms. The van der Waals surface area contributed by atoms with E-state index in [9.17, 15) is 8.78 Å². The fourth-order valence-electron chi connectivity index (χ4n) is 2.89. The van der Waals surface area contributed by atoms with Gasteiger partial charge in [-0.2, -0.15) is 0 Å². The maximum atomic E-state index is 13.2. The number of piperidine rings is 1. The Labute approximate surface area is 113 Å². The normalized spacial score (nSPS) is 19.6. The predicted octanol–water partition coefficient (Wildman–Crippen LogP) is 3.09. The summed E-state index contributed by atoms with van der Waals surface area (Å²) in [4.78, 5) is 2.29. The van der Waals surface area contributed by atoms with Gasteiger partial charge in [-0.1, -0.05) is 0 Å². The summed E-state index contributed by atoms with van der Waals surface area (Å²) in [6.07, 6.45) is 3.33. The van der Waals surface area contributed by atoms with E-state index in [1.807, 2.05) is 6.92 Å². The molecule has 0 amide bonds. The van der Waals surface area contributed by atoms with Crippen molar-refractivity contribution in [2.45, 2.75) is 32.2 Å². The van der Waals surface area contributed by atoms with Gasteiger partial charge in [-0.3, -0.25) is 4.90 Å². The zero-order valence-corrected chi connectivity index (χ0v) is 11.4. The van der Waals surface area contributed by atoms with Gasteiger partial charge in [0.05, 0.1) is 0 Å². The van der Waals surface area contributed by atoms with E-state index in [2.05, 4.69) is 4.90 Å². The standard InChI is InChI=1S/C15H22F2N2/c1-11(13-8-14(16)10-15(17)9-13)19-6-3-12(2-5-18)4-7-19/h8-12H,2-7,18H2,1H3. The van der Waals surface area contributed by atoms with Crippen molar-refractivity contribution >= 4 is 0 Å². The molecule has 1 atom stereocenters. The van der Waals surface area contributed by atoms with E-state index in [0.29, 0.717) is 5.92 Å². The third kappa shape index (κ3) is 3.74. The molecule has 1 saturated heterocycles. The van der Waals surface area contributed by atoms with Crippen LogP contribution >= 0.6 is 0 Å². The van der Waals surface area contributed by atoms with Crippen LogP contribution in [0, 0.1) is 17.6 Å². The molecule has 106 valence electrons. The first-order chi connectivity index (χ1) is 9.10. The lowest BCUT2D eigenvalue weighted by Crippen LogP contribution is -2.36. The molecule has 1 aromatic carbocycles. The summed E-state index contributed by atoms with van der Waals surface area (Å²) in [7, 11) is 0. The Bertz CT molecular complexity index is 394. The van der Waals surface area contributed by atoms with Gasteiger partial charge in [0.25, 0.3) is 0 Å². The predicted molar refractivity (Wildman–Crippen MR) is 72.7 cm³/mol. The second-order valence-electron chi connectivity index (χ2n) is 5.44. The van der Waals surface area contributed by atoms with Crippen molar-refractivity contribution in [2.75, 3.05) is 19.6 Å². The van der Waals surface area contributed by atoms with Crippen LogP contribution in [0.15, 0.2) is 18.2 Å². The molecule has 0 radical (unpaired) electrons. The molecular weight excluding hydrogens is 246 g/mol. The van der Waals surface area contributed by atoms with Crippen LogP contribution in [0.1, 0.15) is 37.8 Å². The molecule has 1 aliphatic heterocycles. The van der Waals surface area contributed by atoms with Crippen molar-refractivity contribution in [3.63, 3.8) is 0 Å². The van der Waals surface area contributed by atoms with Gasteiger partial charge in [0.1, 0.15) is 11.6 Å². The van der Waals surface area contributed by atoms with Gasteiger partial charge in [0, 0.05) is 12.1 Å². The van der Waals surface area contributed by atoms with Gasteiger partial charge in [-0.25, -0.2) is 8.78 Å². The van der Waals surface area contributed by atoms with Crippen LogP contribution in [0.25, 0.3) is 0 Å². The Morgan fingerprint density at radius 1 is 1.21 bits per heavy atom. The molecule has 0 aliphatic carbocycles. The SMILES string of the molecule is CC(c1cc(F)cc(F)c1)N1CCC(CCN)CC1. The molecule has 1 aliphatic rings. The van der Waals surface area contributed by atoms with E-state index in [-0.39, 0.29) is 6.04 Å². The number of hydrogen-bond donors (Lipinski definition) is 1. The smallest absolute Gasteiger partial charge is 0.126 e. The Morgan fingerprint density at radius 2 is 1.79 bits per heavy atom. The molecule has 0 saturated carbocycles. The van der Waals surface area contributed by atoms with Crippen molar-refractivity contribution < 1.29 is 8.78 Å². The Balaban J connectivity index is 1.98. The van der Waals surface area contributed by atoms with E-state index in [1.165, 1.54) is 12.1 Å². The van der Waals surface area contributed by atoms with E-state index >= 15 is 0 Å². The maximum Gasteiger partial charge on any atom is 0.126 e. The summed E-state index contributed by atoms with van der Waals surface area (Å²) in [5.41, 5.74) is 6.30. The average molecular weight is 268 g/mol. The third-order valence-corrected chi connectivity index (χ3v) is 4.14. The zero-order chi connectivity index (χ0) is 13.8. The first-order valence-corrected chi connectivity index (χ1v) is 7.00. The molecule has 2 nitrogen and oxygen atoms in total. The number of likely N-dealkylation sites (tertiary alicyclic amines) is 1. The maximum absolute atomic E-state index is 13.2. The van der Waals surface area contributed by atoms with Crippen molar-refractivity contribution in [1.29, 1.82) is 0 Å². The quantitative estimate of drug-likeness (QED) is 0.909. The molecule has 1 fully saturated rings. The number of nitrogens with zero attached hydrogens (tertiary/aromatic N) is 1. The number of halogens is 2. The lowest BCUT2D eigenvalue weighted by Gasteiger charge is -2.36. The summed E-state index contributed by atoms with van der Waals surface area (Å²) in [5, 5.41) is 0. The zero-order valence-electron chi connectivity index (χ0n) is 11.4.